The van der Waals surface area contributed by atoms with Crippen LogP contribution in [0.15, 0.2) is 21.7 Å². The Labute approximate surface area is 139 Å². The van der Waals surface area contributed by atoms with Gasteiger partial charge in [-0.3, -0.25) is 23.6 Å². The molecule has 1 aromatic heterocycles. The normalized spacial score (nSPS) is 12.9. The van der Waals surface area contributed by atoms with Crippen LogP contribution in [0.1, 0.15) is 18.1 Å². The van der Waals surface area contributed by atoms with E-state index in [4.69, 9.17) is 0 Å². The number of amides is 1. The lowest BCUT2D eigenvalue weighted by Gasteiger charge is -2.37. The van der Waals surface area contributed by atoms with Gasteiger partial charge in [-0.2, -0.15) is 0 Å². The Balaban J connectivity index is 2.51. The van der Waals surface area contributed by atoms with Crippen molar-refractivity contribution in [3.05, 3.63) is 44.1 Å². The Morgan fingerprint density at radius 3 is 2.00 bits per heavy atom. The molecule has 0 atom stereocenters. The fourth-order valence-electron chi connectivity index (χ4n) is 3.19. The second-order valence-corrected chi connectivity index (χ2v) is 6.22. The molecule has 0 radical (unpaired) electrons. The molecule has 0 spiro atoms. The van der Waals surface area contributed by atoms with E-state index in [0.29, 0.717) is 11.5 Å². The number of rotatable bonds is 0. The maximum atomic E-state index is 12.7. The van der Waals surface area contributed by atoms with Crippen LogP contribution in [0.25, 0.3) is 0 Å². The van der Waals surface area contributed by atoms with Gasteiger partial charge in [0.1, 0.15) is 5.82 Å². The van der Waals surface area contributed by atoms with Crippen molar-refractivity contribution in [2.75, 3.05) is 16.8 Å². The molecule has 0 saturated carbocycles. The molecule has 1 aromatic carbocycles. The maximum Gasteiger partial charge on any atom is 0.332 e. The second-order valence-electron chi connectivity index (χ2n) is 6.22. The van der Waals surface area contributed by atoms with E-state index in [1.165, 1.54) is 23.4 Å². The van der Waals surface area contributed by atoms with Crippen molar-refractivity contribution in [1.29, 1.82) is 0 Å². The number of carbonyl (C=O) groups excluding carboxylic acids is 1. The zero-order valence-corrected chi connectivity index (χ0v) is 14.7. The summed E-state index contributed by atoms with van der Waals surface area (Å²) in [6.07, 6.45) is 0. The lowest BCUT2D eigenvalue weighted by Crippen LogP contribution is -2.45. The van der Waals surface area contributed by atoms with E-state index in [1.54, 1.807) is 19.0 Å². The van der Waals surface area contributed by atoms with Gasteiger partial charge in [-0.15, -0.1) is 0 Å². The van der Waals surface area contributed by atoms with Crippen LogP contribution >= 0.6 is 0 Å². The van der Waals surface area contributed by atoms with E-state index in [0.717, 1.165) is 21.4 Å². The molecular formula is C17H20N4O3. The number of nitrogens with zero attached hydrogens (tertiary/aromatic N) is 4. The Morgan fingerprint density at radius 1 is 0.917 bits per heavy atom. The van der Waals surface area contributed by atoms with Crippen LogP contribution < -0.4 is 21.0 Å². The molecule has 2 heterocycles. The third-order valence-electron chi connectivity index (χ3n) is 4.66. The Morgan fingerprint density at radius 2 is 1.46 bits per heavy atom. The number of hydrogen-bond acceptors (Lipinski definition) is 4. The van der Waals surface area contributed by atoms with Gasteiger partial charge in [0.15, 0.2) is 5.69 Å². The first-order valence-electron chi connectivity index (χ1n) is 7.62. The summed E-state index contributed by atoms with van der Waals surface area (Å²) in [5.74, 6) is 0.138. The van der Waals surface area contributed by atoms with E-state index in [1.807, 2.05) is 26.0 Å². The summed E-state index contributed by atoms with van der Waals surface area (Å²) in [7, 11) is 4.81. The summed E-state index contributed by atoms with van der Waals surface area (Å²) in [6, 6.07) is 3.86. The largest absolute Gasteiger partial charge is 0.332 e. The van der Waals surface area contributed by atoms with Crippen LogP contribution in [0.2, 0.25) is 0 Å². The van der Waals surface area contributed by atoms with Gasteiger partial charge < -0.3 is 4.90 Å². The predicted molar refractivity (Wildman–Crippen MR) is 93.7 cm³/mol. The number of anilines is 4. The summed E-state index contributed by atoms with van der Waals surface area (Å²) < 4.78 is 2.42. The Bertz CT molecular complexity index is 1000. The SMILES string of the molecule is CC(=O)N1c2cc(C)c(C)cc2N(C)c2c1c(=O)n(C)c(=O)n2C. The summed E-state index contributed by atoms with van der Waals surface area (Å²) in [5, 5.41) is 0. The van der Waals surface area contributed by atoms with Crippen molar-refractivity contribution in [1.82, 2.24) is 9.13 Å². The Kier molecular flexibility index (Phi) is 3.40. The number of carbonyl (C=O) groups is 1. The minimum Gasteiger partial charge on any atom is -0.327 e. The smallest absolute Gasteiger partial charge is 0.327 e. The third kappa shape index (κ3) is 1.94. The lowest BCUT2D eigenvalue weighted by molar-refractivity contribution is -0.115. The molecule has 3 rings (SSSR count). The molecule has 0 unspecified atom stereocenters. The molecule has 1 amide bonds. The summed E-state index contributed by atoms with van der Waals surface area (Å²) in [6.45, 7) is 5.36. The monoisotopic (exact) mass is 328 g/mol. The van der Waals surface area contributed by atoms with Crippen molar-refractivity contribution in [3.8, 4) is 0 Å². The van der Waals surface area contributed by atoms with Gasteiger partial charge in [0.25, 0.3) is 5.56 Å². The van der Waals surface area contributed by atoms with Crippen molar-refractivity contribution in [3.63, 3.8) is 0 Å². The van der Waals surface area contributed by atoms with E-state index >= 15 is 0 Å². The molecule has 1 aliphatic rings. The number of fused-ring (bicyclic) bond motifs is 2. The van der Waals surface area contributed by atoms with Crippen LogP contribution in [-0.4, -0.2) is 22.1 Å². The fraction of sp³-hybridized carbons (Fsp3) is 0.353. The minimum atomic E-state index is -0.487. The molecule has 0 saturated heterocycles. The molecule has 0 N–H and O–H groups in total. The van der Waals surface area contributed by atoms with Gasteiger partial charge in [-0.1, -0.05) is 0 Å². The van der Waals surface area contributed by atoms with Gasteiger partial charge in [-0.05, 0) is 37.1 Å². The molecule has 0 aliphatic carbocycles. The third-order valence-corrected chi connectivity index (χ3v) is 4.66. The van der Waals surface area contributed by atoms with Gasteiger partial charge in [-0.25, -0.2) is 4.79 Å². The minimum absolute atomic E-state index is 0.199. The van der Waals surface area contributed by atoms with Gasteiger partial charge in [0.05, 0.1) is 11.4 Å². The summed E-state index contributed by atoms with van der Waals surface area (Å²) in [5.41, 5.74) is 2.81. The highest BCUT2D eigenvalue weighted by Gasteiger charge is 2.34. The molecular weight excluding hydrogens is 308 g/mol. The zero-order chi connectivity index (χ0) is 17.9. The van der Waals surface area contributed by atoms with Gasteiger partial charge in [0.2, 0.25) is 5.91 Å². The van der Waals surface area contributed by atoms with Crippen LogP contribution in [0.4, 0.5) is 22.9 Å². The average molecular weight is 328 g/mol. The molecule has 1 aliphatic heterocycles. The molecule has 126 valence electrons. The maximum absolute atomic E-state index is 12.7. The van der Waals surface area contributed by atoms with Crippen molar-refractivity contribution < 1.29 is 4.79 Å². The van der Waals surface area contributed by atoms with Crippen molar-refractivity contribution in [2.45, 2.75) is 20.8 Å². The molecule has 7 heteroatoms. The van der Waals surface area contributed by atoms with Crippen molar-refractivity contribution in [2.24, 2.45) is 14.1 Å². The van der Waals surface area contributed by atoms with E-state index in [2.05, 4.69) is 0 Å². The summed E-state index contributed by atoms with van der Waals surface area (Å²) >= 11 is 0. The molecule has 24 heavy (non-hydrogen) atoms. The number of aromatic nitrogens is 2. The van der Waals surface area contributed by atoms with Crippen LogP contribution in [0.3, 0.4) is 0 Å². The molecule has 2 aromatic rings. The predicted octanol–water partition coefficient (Wildman–Crippen LogP) is 1.47. The van der Waals surface area contributed by atoms with Crippen LogP contribution in [0, 0.1) is 13.8 Å². The first-order chi connectivity index (χ1) is 11.2. The average Bonchev–Trinajstić information content (AvgIpc) is 2.52. The number of aryl methyl sites for hydroxylation is 2. The fourth-order valence-corrected chi connectivity index (χ4v) is 3.19. The Hall–Kier alpha value is -2.83. The number of hydrogen-bond donors (Lipinski definition) is 0. The summed E-state index contributed by atoms with van der Waals surface area (Å²) in [4.78, 5) is 40.6. The van der Waals surface area contributed by atoms with E-state index in [-0.39, 0.29) is 11.6 Å². The highest BCUT2D eigenvalue weighted by Crippen LogP contribution is 2.45. The molecule has 7 nitrogen and oxygen atoms in total. The topological polar surface area (TPSA) is 67.6 Å². The first-order valence-corrected chi connectivity index (χ1v) is 7.62. The van der Waals surface area contributed by atoms with E-state index < -0.39 is 11.2 Å². The van der Waals surface area contributed by atoms with Crippen LogP contribution in [0.5, 0.6) is 0 Å². The first kappa shape index (κ1) is 16.0. The molecule has 0 bridgehead atoms. The second kappa shape index (κ2) is 5.09. The van der Waals surface area contributed by atoms with Gasteiger partial charge in [0, 0.05) is 28.1 Å². The molecule has 0 fully saturated rings. The quantitative estimate of drug-likeness (QED) is 0.734. The highest BCUT2D eigenvalue weighted by atomic mass is 16.2. The van der Waals surface area contributed by atoms with E-state index in [9.17, 15) is 14.4 Å². The highest BCUT2D eigenvalue weighted by molar-refractivity contribution is 6.08. The zero-order valence-electron chi connectivity index (χ0n) is 14.7. The lowest BCUT2D eigenvalue weighted by atomic mass is 10.0. The van der Waals surface area contributed by atoms with Crippen LogP contribution in [-0.2, 0) is 18.9 Å². The standard InChI is InChI=1S/C17H20N4O3/c1-9-7-12-13(8-10(9)2)21(11(3)22)14-15(18(12)4)19(5)17(24)20(6)16(14)23/h7-8H,1-6H3. The van der Waals surface area contributed by atoms with Gasteiger partial charge >= 0.3 is 5.69 Å². The number of benzene rings is 1. The van der Waals surface area contributed by atoms with Crippen molar-refractivity contribution >= 4 is 28.8 Å².